The third kappa shape index (κ3) is 4.27. The molecule has 1 amide bonds. The second-order valence-electron chi connectivity index (χ2n) is 6.93. The van der Waals surface area contributed by atoms with Gasteiger partial charge in [0.25, 0.3) is 0 Å². The van der Waals surface area contributed by atoms with Crippen molar-refractivity contribution < 1.29 is 27.2 Å². The topological polar surface area (TPSA) is 90.7 Å². The number of ether oxygens (including phenoxy) is 1. The molecule has 2 aromatic carbocycles. The van der Waals surface area contributed by atoms with Crippen LogP contribution in [0.4, 0.5) is 13.2 Å². The molecule has 160 valence electrons. The van der Waals surface area contributed by atoms with Crippen molar-refractivity contribution in [2.75, 3.05) is 0 Å². The number of hydrogen-bond acceptors (Lipinski definition) is 5. The number of alkyl halides is 3. The summed E-state index contributed by atoms with van der Waals surface area (Å²) in [5.41, 5.74) is 8.30. The number of aryl methyl sites for hydroxylation is 1. The first-order chi connectivity index (χ1) is 14.6. The minimum atomic E-state index is -4.86. The molecule has 6 nitrogen and oxygen atoms in total. The van der Waals surface area contributed by atoms with E-state index in [2.05, 4.69) is 14.9 Å². The number of aromatic nitrogens is 1. The first-order valence-electron chi connectivity index (χ1n) is 9.11. The number of benzene rings is 2. The summed E-state index contributed by atoms with van der Waals surface area (Å²) >= 11 is 5.99. The van der Waals surface area contributed by atoms with E-state index in [4.69, 9.17) is 21.9 Å². The van der Waals surface area contributed by atoms with Gasteiger partial charge in [-0.2, -0.15) is 0 Å². The average Bonchev–Trinajstić information content (AvgIpc) is 2.99. The average molecular weight is 450 g/mol. The highest BCUT2D eigenvalue weighted by atomic mass is 35.5. The fourth-order valence-corrected chi connectivity index (χ4v) is 3.65. The summed E-state index contributed by atoms with van der Waals surface area (Å²) in [4.78, 5) is 16.3. The Morgan fingerprint density at radius 2 is 1.90 bits per heavy atom. The van der Waals surface area contributed by atoms with E-state index in [0.29, 0.717) is 44.4 Å². The predicted octanol–water partition coefficient (Wildman–Crippen LogP) is 4.97. The number of carbonyl (C=O) groups excluding carboxylic acids is 1. The van der Waals surface area contributed by atoms with Gasteiger partial charge in [0.2, 0.25) is 5.91 Å². The molecule has 1 atom stereocenters. The number of amides is 1. The van der Waals surface area contributed by atoms with Crippen molar-refractivity contribution in [1.82, 2.24) is 5.16 Å². The van der Waals surface area contributed by atoms with E-state index >= 15 is 0 Å². The molecule has 0 unspecified atom stereocenters. The van der Waals surface area contributed by atoms with Gasteiger partial charge in [-0.3, -0.25) is 9.79 Å². The number of nitrogens with two attached hydrogens (primary N) is 1. The molecular formula is C21H15ClF3N3O3. The summed E-state index contributed by atoms with van der Waals surface area (Å²) in [7, 11) is 0. The third-order valence-electron chi connectivity index (χ3n) is 4.74. The minimum absolute atomic E-state index is 0.168. The highest BCUT2D eigenvalue weighted by molar-refractivity contribution is 6.30. The molecule has 4 rings (SSSR count). The highest BCUT2D eigenvalue weighted by Crippen LogP contribution is 2.42. The summed E-state index contributed by atoms with van der Waals surface area (Å²) in [6.07, 6.45) is -5.03. The van der Waals surface area contributed by atoms with Crippen molar-refractivity contribution in [3.8, 4) is 16.9 Å². The molecular weight excluding hydrogens is 435 g/mol. The Bertz CT molecular complexity index is 1190. The summed E-state index contributed by atoms with van der Waals surface area (Å²) in [6.45, 7) is 1.70. The Hall–Kier alpha value is -3.33. The molecule has 0 saturated carbocycles. The largest absolute Gasteiger partial charge is 0.573 e. The van der Waals surface area contributed by atoms with Crippen LogP contribution in [0.15, 0.2) is 52.0 Å². The zero-order valence-corrected chi connectivity index (χ0v) is 16.8. The lowest BCUT2D eigenvalue weighted by molar-refractivity contribution is -0.274. The van der Waals surface area contributed by atoms with Gasteiger partial charge in [0, 0.05) is 16.1 Å². The van der Waals surface area contributed by atoms with Crippen LogP contribution in [-0.2, 0) is 4.79 Å². The van der Waals surface area contributed by atoms with Crippen LogP contribution in [0.5, 0.6) is 5.75 Å². The van der Waals surface area contributed by atoms with Crippen LogP contribution in [0.25, 0.3) is 11.1 Å². The highest BCUT2D eigenvalue weighted by Gasteiger charge is 2.34. The van der Waals surface area contributed by atoms with Crippen LogP contribution in [0, 0.1) is 6.92 Å². The number of hydrogen-bond donors (Lipinski definition) is 1. The van der Waals surface area contributed by atoms with E-state index in [1.165, 1.54) is 18.2 Å². The molecule has 0 fully saturated rings. The zero-order chi connectivity index (χ0) is 22.3. The van der Waals surface area contributed by atoms with Gasteiger partial charge in [-0.25, -0.2) is 0 Å². The third-order valence-corrected chi connectivity index (χ3v) is 4.99. The number of fused-ring (bicyclic) bond motifs is 3. The molecule has 1 aliphatic heterocycles. The van der Waals surface area contributed by atoms with Crippen molar-refractivity contribution in [1.29, 1.82) is 0 Å². The number of rotatable bonds is 4. The minimum Gasteiger partial charge on any atom is -0.406 e. The number of carbonyl (C=O) groups is 1. The zero-order valence-electron chi connectivity index (χ0n) is 16.0. The van der Waals surface area contributed by atoms with Gasteiger partial charge in [-0.1, -0.05) is 28.9 Å². The van der Waals surface area contributed by atoms with Crippen molar-refractivity contribution in [3.63, 3.8) is 0 Å². The number of halogens is 4. The lowest BCUT2D eigenvalue weighted by Gasteiger charge is -2.14. The maximum absolute atomic E-state index is 12.8. The molecule has 0 saturated heterocycles. The second kappa shape index (κ2) is 7.73. The smallest absolute Gasteiger partial charge is 0.406 e. The van der Waals surface area contributed by atoms with Crippen LogP contribution in [0.1, 0.15) is 35.0 Å². The quantitative estimate of drug-likeness (QED) is 0.608. The van der Waals surface area contributed by atoms with Gasteiger partial charge in [0.1, 0.15) is 11.8 Å². The van der Waals surface area contributed by atoms with E-state index in [1.54, 1.807) is 31.2 Å². The molecule has 0 aliphatic carbocycles. The van der Waals surface area contributed by atoms with Crippen LogP contribution in [0.3, 0.4) is 0 Å². The Kier molecular flexibility index (Phi) is 5.22. The monoisotopic (exact) mass is 449 g/mol. The Balaban J connectivity index is 1.98. The van der Waals surface area contributed by atoms with E-state index in [1.807, 2.05) is 0 Å². The molecule has 0 radical (unpaired) electrons. The molecule has 1 aliphatic rings. The molecule has 3 aromatic rings. The standard InChI is InChI=1S/C21H15ClF3N3O3/c1-10-18-14-7-6-13(30-21(23,24)25)8-15(14)19(11-2-4-12(22)5-3-11)27-16(9-17(26)29)20(18)31-28-10/h2-8,16H,9H2,1H3,(H2,26,29)/t16-/m0/s1. The summed E-state index contributed by atoms with van der Waals surface area (Å²) in [5, 5.41) is 4.44. The van der Waals surface area contributed by atoms with Crippen LogP contribution in [-0.4, -0.2) is 23.1 Å². The normalized spacial score (nSPS) is 15.5. The van der Waals surface area contributed by atoms with Gasteiger partial charge >= 0.3 is 6.36 Å². The maximum Gasteiger partial charge on any atom is 0.573 e. The molecule has 10 heteroatoms. The van der Waals surface area contributed by atoms with Crippen LogP contribution < -0.4 is 10.5 Å². The SMILES string of the molecule is Cc1noc2c1-c1ccc(OC(F)(F)F)cc1C(c1ccc(Cl)cc1)=N[C@H]2CC(N)=O. The summed E-state index contributed by atoms with van der Waals surface area (Å²) in [5.74, 6) is -0.709. The number of nitrogens with zero attached hydrogens (tertiary/aromatic N) is 2. The van der Waals surface area contributed by atoms with Gasteiger partial charge in [-0.05, 0) is 42.8 Å². The molecule has 1 aromatic heterocycles. The van der Waals surface area contributed by atoms with E-state index in [-0.39, 0.29) is 6.42 Å². The Morgan fingerprint density at radius 1 is 1.19 bits per heavy atom. The van der Waals surface area contributed by atoms with E-state index in [9.17, 15) is 18.0 Å². The molecule has 2 N–H and O–H groups in total. The summed E-state index contributed by atoms with van der Waals surface area (Å²) < 4.78 is 48.1. The van der Waals surface area contributed by atoms with Gasteiger partial charge < -0.3 is 15.0 Å². The maximum atomic E-state index is 12.8. The van der Waals surface area contributed by atoms with Crippen molar-refractivity contribution in [2.45, 2.75) is 25.7 Å². The molecule has 0 bridgehead atoms. The molecule has 0 spiro atoms. The lowest BCUT2D eigenvalue weighted by Crippen LogP contribution is -2.17. The van der Waals surface area contributed by atoms with Crippen molar-refractivity contribution in [3.05, 3.63) is 70.1 Å². The molecule has 31 heavy (non-hydrogen) atoms. The predicted molar refractivity (Wildman–Crippen MR) is 107 cm³/mol. The fraction of sp³-hybridized carbons (Fsp3) is 0.190. The summed E-state index contributed by atoms with van der Waals surface area (Å²) in [6, 6.07) is 9.76. The first-order valence-corrected chi connectivity index (χ1v) is 9.49. The van der Waals surface area contributed by atoms with Crippen LogP contribution in [0.2, 0.25) is 5.02 Å². The van der Waals surface area contributed by atoms with Crippen LogP contribution >= 0.6 is 11.6 Å². The Labute approximate surface area is 179 Å². The van der Waals surface area contributed by atoms with Crippen molar-refractivity contribution >= 4 is 23.2 Å². The van der Waals surface area contributed by atoms with Gasteiger partial charge in [0.15, 0.2) is 5.76 Å². The Morgan fingerprint density at radius 3 is 2.55 bits per heavy atom. The van der Waals surface area contributed by atoms with E-state index in [0.717, 1.165) is 0 Å². The fourth-order valence-electron chi connectivity index (χ4n) is 3.53. The second-order valence-corrected chi connectivity index (χ2v) is 7.37. The number of primary amides is 1. The van der Waals surface area contributed by atoms with Crippen molar-refractivity contribution in [2.24, 2.45) is 10.7 Å². The van der Waals surface area contributed by atoms with Gasteiger partial charge in [0.05, 0.1) is 23.4 Å². The van der Waals surface area contributed by atoms with E-state index < -0.39 is 24.1 Å². The number of aliphatic imine (C=N–C) groups is 1. The first kappa shape index (κ1) is 20.9. The van der Waals surface area contributed by atoms with Gasteiger partial charge in [-0.15, -0.1) is 13.2 Å². The lowest BCUT2D eigenvalue weighted by atomic mass is 9.92. The molecule has 2 heterocycles.